The number of nitrogens with zero attached hydrogens (tertiary/aromatic N) is 1. The van der Waals surface area contributed by atoms with Gasteiger partial charge in [-0.1, -0.05) is 31.2 Å². The molecule has 0 radical (unpaired) electrons. The van der Waals surface area contributed by atoms with Crippen molar-refractivity contribution in [1.82, 2.24) is 15.5 Å². The molecule has 0 saturated carbocycles. The second-order valence-electron chi connectivity index (χ2n) is 8.09. The topological polar surface area (TPSA) is 44.4 Å². The Bertz CT molecular complexity index is 557. The third kappa shape index (κ3) is 5.55. The van der Waals surface area contributed by atoms with Gasteiger partial charge in [-0.05, 0) is 62.7 Å². The molecule has 1 aromatic rings. The van der Waals surface area contributed by atoms with Crippen LogP contribution in [0.5, 0.6) is 0 Å². The second kappa shape index (κ2) is 8.81. The minimum absolute atomic E-state index is 0.164. The lowest BCUT2D eigenvalue weighted by Gasteiger charge is -2.30. The Balaban J connectivity index is 1.45. The molecule has 2 fully saturated rings. The van der Waals surface area contributed by atoms with Crippen LogP contribution in [0.1, 0.15) is 50.7 Å². The first-order valence-electron chi connectivity index (χ1n) is 9.91. The molecule has 3 rings (SSSR count). The third-order valence-electron chi connectivity index (χ3n) is 5.63. The van der Waals surface area contributed by atoms with Gasteiger partial charge in [-0.2, -0.15) is 0 Å². The monoisotopic (exact) mass is 343 g/mol. The van der Waals surface area contributed by atoms with E-state index in [1.54, 1.807) is 0 Å². The highest BCUT2D eigenvalue weighted by atomic mass is 16.1. The van der Waals surface area contributed by atoms with Crippen LogP contribution in [0.4, 0.5) is 0 Å². The van der Waals surface area contributed by atoms with E-state index < -0.39 is 0 Å². The predicted molar refractivity (Wildman–Crippen MR) is 102 cm³/mol. The summed E-state index contributed by atoms with van der Waals surface area (Å²) in [4.78, 5) is 14.9. The molecule has 0 aromatic heterocycles. The molecule has 1 amide bonds. The number of carbonyl (C=O) groups is 1. The van der Waals surface area contributed by atoms with E-state index in [1.807, 2.05) is 0 Å². The Hall–Kier alpha value is -1.39. The number of carbonyl (C=O) groups excluding carboxylic acids is 1. The molecule has 0 spiro atoms. The van der Waals surface area contributed by atoms with Gasteiger partial charge in [-0.25, -0.2) is 0 Å². The quantitative estimate of drug-likeness (QED) is 0.864. The SMILES string of the molecule is CC1CCCN(Cc2ccc(CNC(=O)[C@H]3CCN[C@@H](C)C3)cc2)C1. The Kier molecular flexibility index (Phi) is 6.49. The summed E-state index contributed by atoms with van der Waals surface area (Å²) in [7, 11) is 0. The summed E-state index contributed by atoms with van der Waals surface area (Å²) in [6.45, 7) is 9.57. The molecule has 0 bridgehead atoms. The molecule has 1 aromatic carbocycles. The maximum absolute atomic E-state index is 12.3. The van der Waals surface area contributed by atoms with Crippen molar-refractivity contribution in [2.75, 3.05) is 19.6 Å². The van der Waals surface area contributed by atoms with E-state index >= 15 is 0 Å². The minimum Gasteiger partial charge on any atom is -0.352 e. The average Bonchev–Trinajstić information content (AvgIpc) is 2.61. The molecule has 3 atom stereocenters. The molecule has 25 heavy (non-hydrogen) atoms. The zero-order valence-corrected chi connectivity index (χ0v) is 15.8. The number of piperidine rings is 2. The molecule has 2 aliphatic heterocycles. The normalized spacial score (nSPS) is 27.8. The number of hydrogen-bond acceptors (Lipinski definition) is 3. The molecule has 2 saturated heterocycles. The van der Waals surface area contributed by atoms with Gasteiger partial charge in [0.05, 0.1) is 0 Å². The third-order valence-corrected chi connectivity index (χ3v) is 5.63. The first-order valence-corrected chi connectivity index (χ1v) is 9.91. The predicted octanol–water partition coefficient (Wildman–Crippen LogP) is 2.92. The van der Waals surface area contributed by atoms with Crippen LogP contribution in [0, 0.1) is 11.8 Å². The number of rotatable bonds is 5. The first kappa shape index (κ1) is 18.4. The molecule has 1 unspecified atom stereocenters. The maximum atomic E-state index is 12.3. The van der Waals surface area contributed by atoms with Gasteiger partial charge in [-0.15, -0.1) is 0 Å². The summed E-state index contributed by atoms with van der Waals surface area (Å²) in [5, 5.41) is 6.52. The molecular weight excluding hydrogens is 310 g/mol. The van der Waals surface area contributed by atoms with Crippen molar-refractivity contribution in [2.45, 2.75) is 58.7 Å². The molecule has 0 aliphatic carbocycles. The number of amides is 1. The van der Waals surface area contributed by atoms with Gasteiger partial charge in [0.2, 0.25) is 5.91 Å². The number of hydrogen-bond donors (Lipinski definition) is 2. The van der Waals surface area contributed by atoms with Crippen molar-refractivity contribution < 1.29 is 4.79 Å². The fourth-order valence-electron chi connectivity index (χ4n) is 4.15. The molecular formula is C21H33N3O. The molecule has 4 nitrogen and oxygen atoms in total. The molecule has 2 heterocycles. The van der Waals surface area contributed by atoms with Gasteiger partial charge in [0, 0.05) is 31.6 Å². The zero-order chi connectivity index (χ0) is 17.6. The fourth-order valence-corrected chi connectivity index (χ4v) is 4.15. The summed E-state index contributed by atoms with van der Waals surface area (Å²) in [5.74, 6) is 1.19. The smallest absolute Gasteiger partial charge is 0.223 e. The van der Waals surface area contributed by atoms with Gasteiger partial charge in [0.1, 0.15) is 0 Å². The van der Waals surface area contributed by atoms with Gasteiger partial charge in [0.15, 0.2) is 0 Å². The van der Waals surface area contributed by atoms with Gasteiger partial charge in [0.25, 0.3) is 0 Å². The standard InChI is InChI=1S/C21H33N3O/c1-16-4-3-11-24(14-16)15-19-7-5-18(6-8-19)13-23-21(25)20-9-10-22-17(2)12-20/h5-8,16-17,20,22H,3-4,9-15H2,1-2H3,(H,23,25)/t16?,17-,20-/m0/s1. The van der Waals surface area contributed by atoms with E-state index in [9.17, 15) is 4.79 Å². The van der Waals surface area contributed by atoms with Crippen LogP contribution in [-0.4, -0.2) is 36.5 Å². The van der Waals surface area contributed by atoms with Crippen molar-refractivity contribution in [2.24, 2.45) is 11.8 Å². The fraction of sp³-hybridized carbons (Fsp3) is 0.667. The van der Waals surface area contributed by atoms with Crippen molar-refractivity contribution in [3.63, 3.8) is 0 Å². The minimum atomic E-state index is 0.164. The average molecular weight is 344 g/mol. The molecule has 4 heteroatoms. The van der Waals surface area contributed by atoms with Crippen molar-refractivity contribution >= 4 is 5.91 Å². The Morgan fingerprint density at radius 1 is 1.20 bits per heavy atom. The lowest BCUT2D eigenvalue weighted by molar-refractivity contribution is -0.126. The van der Waals surface area contributed by atoms with E-state index in [0.29, 0.717) is 12.6 Å². The molecule has 2 N–H and O–H groups in total. The largest absolute Gasteiger partial charge is 0.352 e. The van der Waals surface area contributed by atoms with Crippen molar-refractivity contribution in [1.29, 1.82) is 0 Å². The lowest BCUT2D eigenvalue weighted by Crippen LogP contribution is -2.42. The van der Waals surface area contributed by atoms with Crippen LogP contribution in [-0.2, 0) is 17.9 Å². The van der Waals surface area contributed by atoms with Crippen LogP contribution >= 0.6 is 0 Å². The van der Waals surface area contributed by atoms with Crippen LogP contribution in [0.2, 0.25) is 0 Å². The summed E-state index contributed by atoms with van der Waals surface area (Å²) < 4.78 is 0. The van der Waals surface area contributed by atoms with E-state index in [2.05, 4.69) is 53.6 Å². The Morgan fingerprint density at radius 3 is 2.68 bits per heavy atom. The summed E-state index contributed by atoms with van der Waals surface area (Å²) in [6.07, 6.45) is 4.58. The highest BCUT2D eigenvalue weighted by Gasteiger charge is 2.24. The number of benzene rings is 1. The van der Waals surface area contributed by atoms with Gasteiger partial charge < -0.3 is 10.6 Å². The van der Waals surface area contributed by atoms with Crippen molar-refractivity contribution in [3.8, 4) is 0 Å². The van der Waals surface area contributed by atoms with E-state index in [4.69, 9.17) is 0 Å². The van der Waals surface area contributed by atoms with Crippen molar-refractivity contribution in [3.05, 3.63) is 35.4 Å². The van der Waals surface area contributed by atoms with Crippen LogP contribution in [0.15, 0.2) is 24.3 Å². The zero-order valence-electron chi connectivity index (χ0n) is 15.8. The Morgan fingerprint density at radius 2 is 1.96 bits per heavy atom. The van der Waals surface area contributed by atoms with Crippen LogP contribution in [0.25, 0.3) is 0 Å². The summed E-state index contributed by atoms with van der Waals surface area (Å²) in [6, 6.07) is 9.20. The lowest BCUT2D eigenvalue weighted by atomic mass is 9.92. The summed E-state index contributed by atoms with van der Waals surface area (Å²) >= 11 is 0. The number of likely N-dealkylation sites (tertiary alicyclic amines) is 1. The highest BCUT2D eigenvalue weighted by molar-refractivity contribution is 5.78. The summed E-state index contributed by atoms with van der Waals surface area (Å²) in [5.41, 5.74) is 2.56. The molecule has 138 valence electrons. The van der Waals surface area contributed by atoms with E-state index in [-0.39, 0.29) is 11.8 Å². The van der Waals surface area contributed by atoms with Gasteiger partial charge in [-0.3, -0.25) is 9.69 Å². The first-order chi connectivity index (χ1) is 12.1. The number of nitrogens with one attached hydrogen (secondary N) is 2. The van der Waals surface area contributed by atoms with Crippen LogP contribution < -0.4 is 10.6 Å². The van der Waals surface area contributed by atoms with E-state index in [1.165, 1.54) is 37.1 Å². The molecule has 2 aliphatic rings. The van der Waals surface area contributed by atoms with Crippen LogP contribution in [0.3, 0.4) is 0 Å². The second-order valence-corrected chi connectivity index (χ2v) is 8.09. The Labute approximate surface area is 152 Å². The highest BCUT2D eigenvalue weighted by Crippen LogP contribution is 2.18. The van der Waals surface area contributed by atoms with Gasteiger partial charge >= 0.3 is 0 Å². The maximum Gasteiger partial charge on any atom is 0.223 e. The van der Waals surface area contributed by atoms with E-state index in [0.717, 1.165) is 31.8 Å².